The summed E-state index contributed by atoms with van der Waals surface area (Å²) in [6.45, 7) is 4.29. The Balaban J connectivity index is 1.79. The van der Waals surface area contributed by atoms with Crippen LogP contribution >= 0.6 is 11.3 Å². The van der Waals surface area contributed by atoms with Crippen molar-refractivity contribution >= 4 is 22.4 Å². The van der Waals surface area contributed by atoms with E-state index in [2.05, 4.69) is 27.5 Å². The van der Waals surface area contributed by atoms with E-state index < -0.39 is 0 Å². The van der Waals surface area contributed by atoms with Crippen molar-refractivity contribution in [3.63, 3.8) is 0 Å². The zero-order valence-corrected chi connectivity index (χ0v) is 15.9. The van der Waals surface area contributed by atoms with Crippen LogP contribution in [0.25, 0.3) is 0 Å². The number of guanidine groups is 1. The second-order valence-electron chi connectivity index (χ2n) is 5.91. The molecule has 0 bridgehead atoms. The quantitative estimate of drug-likeness (QED) is 0.383. The number of hydrogen-bond acceptors (Lipinski definition) is 5. The van der Waals surface area contributed by atoms with Gasteiger partial charge >= 0.3 is 0 Å². The summed E-state index contributed by atoms with van der Waals surface area (Å²) in [6, 6.07) is 7.37. The number of phenols is 1. The van der Waals surface area contributed by atoms with E-state index in [0.29, 0.717) is 12.3 Å². The summed E-state index contributed by atoms with van der Waals surface area (Å²) in [5.74, 6) is 1.12. The Morgan fingerprint density at radius 1 is 1.24 bits per heavy atom. The molecule has 0 spiro atoms. The molecule has 2 rings (SSSR count). The third-order valence-corrected chi connectivity index (χ3v) is 4.59. The minimum absolute atomic E-state index is 0.308. The third-order valence-electron chi connectivity index (χ3n) is 3.54. The number of phenolic OH excluding ortho intramolecular Hbond substituents is 1. The lowest BCUT2D eigenvalue weighted by molar-refractivity contribution is 0.475. The number of rotatable bonds is 8. The van der Waals surface area contributed by atoms with Crippen molar-refractivity contribution in [3.05, 3.63) is 40.9 Å². The van der Waals surface area contributed by atoms with Gasteiger partial charge in [0.05, 0.1) is 12.2 Å². The smallest absolute Gasteiger partial charge is 0.191 e. The molecule has 0 radical (unpaired) electrons. The van der Waals surface area contributed by atoms with Gasteiger partial charge in [-0.2, -0.15) is 0 Å². The van der Waals surface area contributed by atoms with Gasteiger partial charge in [-0.05, 0) is 37.5 Å². The molecule has 6 nitrogen and oxygen atoms in total. The summed E-state index contributed by atoms with van der Waals surface area (Å²) >= 11 is 1.63. The van der Waals surface area contributed by atoms with E-state index in [9.17, 15) is 5.11 Å². The minimum Gasteiger partial charge on any atom is -0.508 e. The summed E-state index contributed by atoms with van der Waals surface area (Å²) in [5.41, 5.74) is 2.20. The van der Waals surface area contributed by atoms with E-state index in [4.69, 9.17) is 0 Å². The summed E-state index contributed by atoms with van der Waals surface area (Å²) in [4.78, 5) is 11.2. The highest BCUT2D eigenvalue weighted by atomic mass is 32.1. The van der Waals surface area contributed by atoms with Gasteiger partial charge in [-0.15, -0.1) is 11.3 Å². The molecule has 1 aromatic carbocycles. The van der Waals surface area contributed by atoms with Crippen LogP contribution in [0.4, 0.5) is 5.13 Å². The number of aromatic nitrogens is 1. The Kier molecular flexibility index (Phi) is 7.53. The second-order valence-corrected chi connectivity index (χ2v) is 6.74. The molecular weight excluding hydrogens is 334 g/mol. The molecule has 2 aromatic rings. The van der Waals surface area contributed by atoms with Gasteiger partial charge in [-0.25, -0.2) is 9.98 Å². The van der Waals surface area contributed by atoms with Gasteiger partial charge in [-0.1, -0.05) is 12.1 Å². The summed E-state index contributed by atoms with van der Waals surface area (Å²) in [6.07, 6.45) is 1.96. The van der Waals surface area contributed by atoms with Gasteiger partial charge in [-0.3, -0.25) is 0 Å². The first-order valence-electron chi connectivity index (χ1n) is 8.50. The molecule has 0 saturated heterocycles. The molecule has 136 valence electrons. The highest BCUT2D eigenvalue weighted by Crippen LogP contribution is 2.18. The van der Waals surface area contributed by atoms with Crippen LogP contribution in [-0.2, 0) is 13.0 Å². The molecule has 0 amide bonds. The van der Waals surface area contributed by atoms with Crippen LogP contribution in [0.5, 0.6) is 5.75 Å². The monoisotopic (exact) mass is 361 g/mol. The molecule has 7 heteroatoms. The van der Waals surface area contributed by atoms with Crippen LogP contribution in [-0.4, -0.2) is 43.2 Å². The normalized spacial score (nSPS) is 11.4. The molecular formula is C18H27N5OS. The van der Waals surface area contributed by atoms with Gasteiger partial charge in [0.15, 0.2) is 11.1 Å². The summed E-state index contributed by atoms with van der Waals surface area (Å²) < 4.78 is 0. The van der Waals surface area contributed by atoms with Crippen molar-refractivity contribution in [3.8, 4) is 5.75 Å². The summed E-state index contributed by atoms with van der Waals surface area (Å²) in [7, 11) is 3.98. The first-order chi connectivity index (χ1) is 12.1. The van der Waals surface area contributed by atoms with Gasteiger partial charge in [0.1, 0.15) is 5.75 Å². The molecule has 0 aliphatic rings. The molecule has 0 fully saturated rings. The van der Waals surface area contributed by atoms with Gasteiger partial charge in [0.2, 0.25) is 0 Å². The van der Waals surface area contributed by atoms with Crippen molar-refractivity contribution in [2.24, 2.45) is 4.99 Å². The SMILES string of the molecule is CCNC(=NCc1csc(N(C)C)n1)NCCCc1ccc(O)cc1. The number of aromatic hydroxyl groups is 1. The maximum Gasteiger partial charge on any atom is 0.191 e. The standard InChI is InChI=1S/C18H27N5OS/c1-4-19-17(21-12-15-13-25-18(22-15)23(2)3)20-11-5-6-14-7-9-16(24)10-8-14/h7-10,13,24H,4-6,11-12H2,1-3H3,(H2,19,20,21). The molecule has 0 unspecified atom stereocenters. The Labute approximate surface area is 153 Å². The van der Waals surface area contributed by atoms with Crippen molar-refractivity contribution in [1.82, 2.24) is 15.6 Å². The van der Waals surface area contributed by atoms with Crippen LogP contribution in [0.3, 0.4) is 0 Å². The van der Waals surface area contributed by atoms with E-state index in [0.717, 1.165) is 42.7 Å². The largest absolute Gasteiger partial charge is 0.508 e. The second kappa shape index (κ2) is 9.88. The lowest BCUT2D eigenvalue weighted by atomic mass is 10.1. The molecule has 0 atom stereocenters. The first-order valence-corrected chi connectivity index (χ1v) is 9.38. The molecule has 25 heavy (non-hydrogen) atoms. The van der Waals surface area contributed by atoms with E-state index in [1.54, 1.807) is 23.5 Å². The third kappa shape index (κ3) is 6.62. The molecule has 1 heterocycles. The van der Waals surface area contributed by atoms with Crippen molar-refractivity contribution < 1.29 is 5.11 Å². The van der Waals surface area contributed by atoms with E-state index in [1.807, 2.05) is 36.5 Å². The van der Waals surface area contributed by atoms with Crippen LogP contribution < -0.4 is 15.5 Å². The Morgan fingerprint density at radius 3 is 2.64 bits per heavy atom. The Morgan fingerprint density at radius 2 is 2.00 bits per heavy atom. The topological polar surface area (TPSA) is 72.8 Å². The van der Waals surface area contributed by atoms with E-state index >= 15 is 0 Å². The highest BCUT2D eigenvalue weighted by Gasteiger charge is 2.04. The van der Waals surface area contributed by atoms with Crippen LogP contribution in [0, 0.1) is 0 Å². The molecule has 0 saturated carbocycles. The molecule has 3 N–H and O–H groups in total. The summed E-state index contributed by atoms with van der Waals surface area (Å²) in [5, 5.41) is 19.0. The number of aryl methyl sites for hydroxylation is 1. The number of anilines is 1. The zero-order valence-electron chi connectivity index (χ0n) is 15.1. The number of nitrogens with zero attached hydrogens (tertiary/aromatic N) is 3. The van der Waals surface area contributed by atoms with Gasteiger partial charge in [0, 0.05) is 32.6 Å². The average molecular weight is 362 g/mol. The predicted molar refractivity (Wildman–Crippen MR) is 106 cm³/mol. The lowest BCUT2D eigenvalue weighted by Crippen LogP contribution is -2.37. The van der Waals surface area contributed by atoms with E-state index in [-0.39, 0.29) is 0 Å². The number of aliphatic imine (C=N–C) groups is 1. The Bertz CT molecular complexity index is 666. The Hall–Kier alpha value is -2.28. The molecule has 0 aliphatic carbocycles. The first kappa shape index (κ1) is 19.1. The lowest BCUT2D eigenvalue weighted by Gasteiger charge is -2.11. The highest BCUT2D eigenvalue weighted by molar-refractivity contribution is 7.13. The fourth-order valence-electron chi connectivity index (χ4n) is 2.24. The minimum atomic E-state index is 0.308. The van der Waals surface area contributed by atoms with Crippen LogP contribution in [0.2, 0.25) is 0 Å². The van der Waals surface area contributed by atoms with Crippen molar-refractivity contribution in [2.45, 2.75) is 26.3 Å². The van der Waals surface area contributed by atoms with Crippen molar-refractivity contribution in [2.75, 3.05) is 32.1 Å². The maximum absolute atomic E-state index is 9.30. The molecule has 0 aliphatic heterocycles. The van der Waals surface area contributed by atoms with Gasteiger partial charge in [0.25, 0.3) is 0 Å². The van der Waals surface area contributed by atoms with Gasteiger partial charge < -0.3 is 20.6 Å². The number of hydrogen-bond donors (Lipinski definition) is 3. The number of benzene rings is 1. The fourth-order valence-corrected chi connectivity index (χ4v) is 2.99. The maximum atomic E-state index is 9.30. The van der Waals surface area contributed by atoms with Crippen LogP contribution in [0.1, 0.15) is 24.6 Å². The number of thiazole rings is 1. The fraction of sp³-hybridized carbons (Fsp3) is 0.444. The van der Waals surface area contributed by atoms with Crippen LogP contribution in [0.15, 0.2) is 34.6 Å². The van der Waals surface area contributed by atoms with E-state index in [1.165, 1.54) is 5.56 Å². The van der Waals surface area contributed by atoms with Crippen molar-refractivity contribution in [1.29, 1.82) is 0 Å². The zero-order chi connectivity index (χ0) is 18.1. The number of nitrogens with one attached hydrogen (secondary N) is 2. The predicted octanol–water partition coefficient (Wildman–Crippen LogP) is 2.60. The molecule has 1 aromatic heterocycles. The average Bonchev–Trinajstić information content (AvgIpc) is 3.07.